The molecule has 1 aliphatic heterocycles. The van der Waals surface area contributed by atoms with E-state index in [9.17, 15) is 5.11 Å². The van der Waals surface area contributed by atoms with Gasteiger partial charge in [0, 0.05) is 23.8 Å². The van der Waals surface area contributed by atoms with Crippen molar-refractivity contribution in [1.82, 2.24) is 0 Å². The Morgan fingerprint density at radius 1 is 1.58 bits per heavy atom. The van der Waals surface area contributed by atoms with E-state index in [0.717, 1.165) is 16.8 Å². The highest BCUT2D eigenvalue weighted by Crippen LogP contribution is 2.26. The first-order valence-corrected chi connectivity index (χ1v) is 6.83. The van der Waals surface area contributed by atoms with E-state index in [4.69, 9.17) is 22.7 Å². The highest BCUT2D eigenvalue weighted by Gasteiger charge is 2.27. The Bertz CT molecular complexity index is 479. The summed E-state index contributed by atoms with van der Waals surface area (Å²) in [6, 6.07) is 6.33. The Balaban J connectivity index is 2.36. The first kappa shape index (κ1) is 14.2. The molecule has 4 nitrogen and oxygen atoms in total. The fraction of sp³-hybridized carbons (Fsp3) is 0.500. The lowest BCUT2D eigenvalue weighted by molar-refractivity contribution is -0.0103. The molecular weight excluding hydrogens is 260 g/mol. The van der Waals surface area contributed by atoms with Gasteiger partial charge in [-0.25, -0.2) is 0 Å². The summed E-state index contributed by atoms with van der Waals surface area (Å²) in [5.41, 5.74) is 8.87. The first-order valence-electron chi connectivity index (χ1n) is 6.42. The number of ether oxygens (including phenoxy) is 1. The van der Waals surface area contributed by atoms with E-state index in [1.165, 1.54) is 0 Å². The molecule has 0 aromatic heterocycles. The quantitative estimate of drug-likeness (QED) is 0.815. The van der Waals surface area contributed by atoms with Crippen molar-refractivity contribution in [2.24, 2.45) is 5.73 Å². The van der Waals surface area contributed by atoms with Crippen LogP contribution >= 0.6 is 12.2 Å². The second-order valence-electron chi connectivity index (χ2n) is 5.02. The maximum Gasteiger partial charge on any atom is 0.106 e. The van der Waals surface area contributed by atoms with Crippen molar-refractivity contribution < 1.29 is 9.84 Å². The smallest absolute Gasteiger partial charge is 0.106 e. The number of anilines is 1. The summed E-state index contributed by atoms with van der Waals surface area (Å²) in [4.78, 5) is 2.61. The first-order chi connectivity index (χ1) is 9.02. The van der Waals surface area contributed by atoms with Gasteiger partial charge in [0.15, 0.2) is 0 Å². The van der Waals surface area contributed by atoms with Crippen molar-refractivity contribution in [1.29, 1.82) is 0 Å². The number of thiocarbonyl (C=S) groups is 1. The largest absolute Gasteiger partial charge is 0.394 e. The predicted molar refractivity (Wildman–Crippen MR) is 80.7 cm³/mol. The summed E-state index contributed by atoms with van der Waals surface area (Å²) in [7, 11) is 0. The Morgan fingerprint density at radius 2 is 2.32 bits per heavy atom. The topological polar surface area (TPSA) is 58.7 Å². The van der Waals surface area contributed by atoms with Crippen LogP contribution in [0.4, 0.5) is 5.69 Å². The minimum Gasteiger partial charge on any atom is -0.394 e. The summed E-state index contributed by atoms with van der Waals surface area (Å²) < 4.78 is 5.56. The van der Waals surface area contributed by atoms with E-state index in [2.05, 4.69) is 11.8 Å². The minimum atomic E-state index is -0.156. The molecule has 19 heavy (non-hydrogen) atoms. The van der Waals surface area contributed by atoms with E-state index in [0.29, 0.717) is 18.1 Å². The number of rotatable bonds is 3. The number of hydrogen-bond donors (Lipinski definition) is 2. The van der Waals surface area contributed by atoms with Gasteiger partial charge in [0.1, 0.15) is 4.99 Å². The van der Waals surface area contributed by atoms with E-state index in [1.54, 1.807) is 0 Å². The molecule has 3 N–H and O–H groups in total. The third kappa shape index (κ3) is 3.05. The lowest BCUT2D eigenvalue weighted by Gasteiger charge is -2.40. The number of morpholine rings is 1. The van der Waals surface area contributed by atoms with Gasteiger partial charge >= 0.3 is 0 Å². The Hall–Kier alpha value is -1.17. The van der Waals surface area contributed by atoms with Crippen molar-refractivity contribution in [3.05, 3.63) is 29.3 Å². The Kier molecular flexibility index (Phi) is 4.39. The lowest BCUT2D eigenvalue weighted by atomic mass is 10.1. The standard InChI is InChI=1S/C14H20N2O2S/c1-9-3-4-13(12(5-9)14(15)19)16-6-11(7-17)18-8-10(16)2/h3-5,10-11,17H,6-8H2,1-2H3,(H2,15,19). The molecule has 104 valence electrons. The number of hydrogen-bond acceptors (Lipinski definition) is 4. The van der Waals surface area contributed by atoms with E-state index < -0.39 is 0 Å². The molecule has 1 fully saturated rings. The molecule has 1 aromatic rings. The number of aliphatic hydroxyl groups is 1. The van der Waals surface area contributed by atoms with Gasteiger partial charge in [-0.1, -0.05) is 23.8 Å². The molecular formula is C14H20N2O2S. The van der Waals surface area contributed by atoms with Crippen molar-refractivity contribution in [3.8, 4) is 0 Å². The molecule has 1 aromatic carbocycles. The Morgan fingerprint density at radius 3 is 2.95 bits per heavy atom. The predicted octanol–water partition coefficient (Wildman–Crippen LogP) is 1.22. The van der Waals surface area contributed by atoms with Gasteiger partial charge in [-0.15, -0.1) is 0 Å². The average Bonchev–Trinajstić information content (AvgIpc) is 2.39. The minimum absolute atomic E-state index is 0.0253. The average molecular weight is 280 g/mol. The number of benzene rings is 1. The van der Waals surface area contributed by atoms with Crippen LogP contribution in [0.2, 0.25) is 0 Å². The van der Waals surface area contributed by atoms with Crippen LogP contribution in [-0.4, -0.2) is 42.0 Å². The zero-order chi connectivity index (χ0) is 14.0. The van der Waals surface area contributed by atoms with Crippen LogP contribution in [0.25, 0.3) is 0 Å². The van der Waals surface area contributed by atoms with Crippen molar-refractivity contribution in [3.63, 3.8) is 0 Å². The monoisotopic (exact) mass is 280 g/mol. The van der Waals surface area contributed by atoms with E-state index >= 15 is 0 Å². The molecule has 0 spiro atoms. The second kappa shape index (κ2) is 5.86. The maximum atomic E-state index is 9.26. The zero-order valence-corrected chi connectivity index (χ0v) is 12.1. The van der Waals surface area contributed by atoms with Crippen LogP contribution in [0.3, 0.4) is 0 Å². The molecule has 1 heterocycles. The molecule has 1 saturated heterocycles. The molecule has 0 bridgehead atoms. The molecule has 2 atom stereocenters. The van der Waals surface area contributed by atoms with Crippen LogP contribution in [0.1, 0.15) is 18.1 Å². The van der Waals surface area contributed by atoms with Gasteiger partial charge in [-0.3, -0.25) is 0 Å². The third-order valence-corrected chi connectivity index (χ3v) is 3.66. The van der Waals surface area contributed by atoms with Crippen LogP contribution < -0.4 is 10.6 Å². The van der Waals surface area contributed by atoms with Gasteiger partial charge in [-0.05, 0) is 26.0 Å². The number of aliphatic hydroxyl groups excluding tert-OH is 1. The van der Waals surface area contributed by atoms with Crippen molar-refractivity contribution in [2.75, 3.05) is 24.7 Å². The van der Waals surface area contributed by atoms with Crippen molar-refractivity contribution >= 4 is 22.9 Å². The zero-order valence-electron chi connectivity index (χ0n) is 11.3. The highest BCUT2D eigenvalue weighted by atomic mass is 32.1. The summed E-state index contributed by atoms with van der Waals surface area (Å²) in [5, 5.41) is 9.26. The summed E-state index contributed by atoms with van der Waals surface area (Å²) in [6.45, 7) is 5.38. The molecule has 2 rings (SSSR count). The summed E-state index contributed by atoms with van der Waals surface area (Å²) in [6.07, 6.45) is -0.156. The van der Waals surface area contributed by atoms with Crippen LogP contribution in [0.5, 0.6) is 0 Å². The van der Waals surface area contributed by atoms with Crippen molar-refractivity contribution in [2.45, 2.75) is 26.0 Å². The molecule has 5 heteroatoms. The van der Waals surface area contributed by atoms with Gasteiger partial charge in [0.25, 0.3) is 0 Å². The van der Waals surface area contributed by atoms with E-state index in [-0.39, 0.29) is 18.8 Å². The normalized spacial score (nSPS) is 23.4. The molecule has 0 aliphatic carbocycles. The lowest BCUT2D eigenvalue weighted by Crippen LogP contribution is -2.50. The van der Waals surface area contributed by atoms with Gasteiger partial charge in [0.05, 0.1) is 19.3 Å². The fourth-order valence-electron chi connectivity index (χ4n) is 2.36. The highest BCUT2D eigenvalue weighted by molar-refractivity contribution is 7.80. The summed E-state index contributed by atoms with van der Waals surface area (Å²) in [5.74, 6) is 0. The van der Waals surface area contributed by atoms with Gasteiger partial charge in [0.2, 0.25) is 0 Å². The molecule has 0 saturated carbocycles. The van der Waals surface area contributed by atoms with E-state index in [1.807, 2.05) is 25.1 Å². The molecule has 0 amide bonds. The number of nitrogens with two attached hydrogens (primary N) is 1. The molecule has 0 radical (unpaired) electrons. The second-order valence-corrected chi connectivity index (χ2v) is 5.46. The molecule has 1 aliphatic rings. The molecule has 2 unspecified atom stereocenters. The Labute approximate surface area is 119 Å². The van der Waals surface area contributed by atoms with Gasteiger partial charge in [-0.2, -0.15) is 0 Å². The van der Waals surface area contributed by atoms with Gasteiger partial charge < -0.3 is 20.5 Å². The fourth-order valence-corrected chi connectivity index (χ4v) is 2.52. The SMILES string of the molecule is Cc1ccc(N2CC(CO)OCC2C)c(C(N)=S)c1. The third-order valence-electron chi connectivity index (χ3n) is 3.44. The maximum absolute atomic E-state index is 9.26. The van der Waals surface area contributed by atoms with Crippen LogP contribution in [0.15, 0.2) is 18.2 Å². The number of aryl methyl sites for hydroxylation is 1. The van der Waals surface area contributed by atoms with Crippen LogP contribution in [0, 0.1) is 6.92 Å². The number of nitrogens with zero attached hydrogens (tertiary/aromatic N) is 1. The van der Waals surface area contributed by atoms with Crippen LogP contribution in [-0.2, 0) is 4.74 Å². The summed E-state index contributed by atoms with van der Waals surface area (Å²) >= 11 is 5.15.